The molecule has 1 N–H and O–H groups in total. The van der Waals surface area contributed by atoms with E-state index in [2.05, 4.69) is 5.32 Å². The summed E-state index contributed by atoms with van der Waals surface area (Å²) in [6, 6.07) is 14.5. The smallest absolute Gasteiger partial charge is 0.265 e. The van der Waals surface area contributed by atoms with Crippen LogP contribution in [0.15, 0.2) is 48.5 Å². The molecule has 0 saturated carbocycles. The molecule has 0 aliphatic carbocycles. The molecule has 21 heavy (non-hydrogen) atoms. The summed E-state index contributed by atoms with van der Waals surface area (Å²) >= 11 is 0. The third kappa shape index (κ3) is 2.79. The summed E-state index contributed by atoms with van der Waals surface area (Å²) < 4.78 is 5.64. The quantitative estimate of drug-likeness (QED) is 0.880. The first-order valence-corrected chi connectivity index (χ1v) is 6.80. The summed E-state index contributed by atoms with van der Waals surface area (Å²) in [7, 11) is 0. The zero-order chi connectivity index (χ0) is 14.8. The predicted octanol–water partition coefficient (Wildman–Crippen LogP) is 2.83. The molecule has 1 amide bonds. The van der Waals surface area contributed by atoms with Crippen molar-refractivity contribution < 1.29 is 14.3 Å². The number of hydrogen-bond donors (Lipinski definition) is 1. The van der Waals surface area contributed by atoms with Crippen LogP contribution >= 0.6 is 0 Å². The minimum absolute atomic E-state index is 0.0318. The molecule has 0 bridgehead atoms. The fraction of sp³-hybridized carbons (Fsp3) is 0.176. The highest BCUT2D eigenvalue weighted by atomic mass is 16.5. The Kier molecular flexibility index (Phi) is 3.44. The number of Topliss-reactive ketones (excluding diaryl/α,β-unsaturated/α-hetero) is 1. The molecule has 3 rings (SSSR count). The van der Waals surface area contributed by atoms with Crippen LogP contribution in [0.25, 0.3) is 0 Å². The van der Waals surface area contributed by atoms with Gasteiger partial charge >= 0.3 is 0 Å². The van der Waals surface area contributed by atoms with Gasteiger partial charge in [-0.1, -0.05) is 30.3 Å². The van der Waals surface area contributed by atoms with Crippen LogP contribution in [0.5, 0.6) is 5.75 Å². The van der Waals surface area contributed by atoms with Gasteiger partial charge in [-0.05, 0) is 30.7 Å². The number of nitrogens with one attached hydrogen (secondary N) is 1. The lowest BCUT2D eigenvalue weighted by atomic mass is 10.1. The van der Waals surface area contributed by atoms with Crippen LogP contribution in [0.3, 0.4) is 0 Å². The largest absolute Gasteiger partial charge is 0.480 e. The SMILES string of the molecule is CC(=O)c1cccc(NC(=O)C2Cc3ccccc3O2)c1. The van der Waals surface area contributed by atoms with Crippen molar-refractivity contribution in [2.24, 2.45) is 0 Å². The molecule has 0 radical (unpaired) electrons. The second-order valence-electron chi connectivity index (χ2n) is 5.04. The molecule has 0 saturated heterocycles. The average Bonchev–Trinajstić information content (AvgIpc) is 2.91. The van der Waals surface area contributed by atoms with Crippen molar-refractivity contribution in [2.45, 2.75) is 19.4 Å². The van der Waals surface area contributed by atoms with Gasteiger partial charge in [0.2, 0.25) is 0 Å². The average molecular weight is 281 g/mol. The van der Waals surface area contributed by atoms with E-state index in [0.29, 0.717) is 17.7 Å². The van der Waals surface area contributed by atoms with Crippen LogP contribution in [0.1, 0.15) is 22.8 Å². The number of fused-ring (bicyclic) bond motifs is 1. The molecule has 106 valence electrons. The van der Waals surface area contributed by atoms with E-state index < -0.39 is 6.10 Å². The minimum atomic E-state index is -0.525. The molecule has 0 fully saturated rings. The fourth-order valence-electron chi connectivity index (χ4n) is 2.37. The Hall–Kier alpha value is -2.62. The lowest BCUT2D eigenvalue weighted by molar-refractivity contribution is -0.122. The molecule has 4 heteroatoms. The number of hydrogen-bond acceptors (Lipinski definition) is 3. The Morgan fingerprint density at radius 2 is 1.95 bits per heavy atom. The van der Waals surface area contributed by atoms with Crippen LogP contribution < -0.4 is 10.1 Å². The number of rotatable bonds is 3. The second-order valence-corrected chi connectivity index (χ2v) is 5.04. The van der Waals surface area contributed by atoms with Gasteiger partial charge in [0.15, 0.2) is 11.9 Å². The van der Waals surface area contributed by atoms with Gasteiger partial charge in [-0.2, -0.15) is 0 Å². The summed E-state index contributed by atoms with van der Waals surface area (Å²) in [4.78, 5) is 23.6. The van der Waals surface area contributed by atoms with Crippen LogP contribution in [-0.2, 0) is 11.2 Å². The number of anilines is 1. The standard InChI is InChI=1S/C17H15NO3/c1-11(19)12-6-4-7-14(9-12)18-17(20)16-10-13-5-2-3-8-15(13)21-16/h2-9,16H,10H2,1H3,(H,18,20). The number of carbonyl (C=O) groups is 2. The summed E-state index contributed by atoms with van der Waals surface area (Å²) in [5.41, 5.74) is 2.21. The minimum Gasteiger partial charge on any atom is -0.480 e. The van der Waals surface area contributed by atoms with Crippen molar-refractivity contribution >= 4 is 17.4 Å². The van der Waals surface area contributed by atoms with Gasteiger partial charge in [-0.3, -0.25) is 9.59 Å². The van der Waals surface area contributed by atoms with E-state index in [4.69, 9.17) is 4.74 Å². The number of amides is 1. The summed E-state index contributed by atoms with van der Waals surface area (Å²) in [6.45, 7) is 1.50. The Morgan fingerprint density at radius 3 is 2.71 bits per heavy atom. The van der Waals surface area contributed by atoms with Crippen molar-refractivity contribution in [1.82, 2.24) is 0 Å². The number of carbonyl (C=O) groups excluding carboxylic acids is 2. The molecule has 2 aromatic rings. The van der Waals surface area contributed by atoms with E-state index in [1.807, 2.05) is 24.3 Å². The van der Waals surface area contributed by atoms with E-state index in [-0.39, 0.29) is 11.7 Å². The van der Waals surface area contributed by atoms with Crippen molar-refractivity contribution in [3.63, 3.8) is 0 Å². The highest BCUT2D eigenvalue weighted by molar-refractivity contribution is 5.98. The zero-order valence-corrected chi connectivity index (χ0v) is 11.6. The van der Waals surface area contributed by atoms with Crippen LogP contribution in [0, 0.1) is 0 Å². The third-order valence-electron chi connectivity index (χ3n) is 3.48. The number of para-hydroxylation sites is 1. The fourth-order valence-corrected chi connectivity index (χ4v) is 2.37. The van der Waals surface area contributed by atoms with Crippen LogP contribution in [0.4, 0.5) is 5.69 Å². The first-order chi connectivity index (χ1) is 10.1. The highest BCUT2D eigenvalue weighted by Crippen LogP contribution is 2.28. The lowest BCUT2D eigenvalue weighted by Crippen LogP contribution is -2.31. The molecule has 1 aliphatic rings. The van der Waals surface area contributed by atoms with E-state index in [0.717, 1.165) is 11.3 Å². The first kappa shape index (κ1) is 13.4. The molecule has 2 aromatic carbocycles. The Labute approximate surface area is 122 Å². The van der Waals surface area contributed by atoms with Crippen molar-refractivity contribution in [3.8, 4) is 5.75 Å². The maximum Gasteiger partial charge on any atom is 0.265 e. The Bertz CT molecular complexity index is 684. The van der Waals surface area contributed by atoms with Gasteiger partial charge < -0.3 is 10.1 Å². The van der Waals surface area contributed by atoms with Gasteiger partial charge in [-0.25, -0.2) is 0 Å². The van der Waals surface area contributed by atoms with Crippen LogP contribution in [-0.4, -0.2) is 17.8 Å². The summed E-state index contributed by atoms with van der Waals surface area (Å²) in [6.07, 6.45) is 0.0393. The normalized spacial score (nSPS) is 16.0. The molecular formula is C17H15NO3. The van der Waals surface area contributed by atoms with Gasteiger partial charge in [-0.15, -0.1) is 0 Å². The zero-order valence-electron chi connectivity index (χ0n) is 11.6. The Balaban J connectivity index is 1.71. The van der Waals surface area contributed by atoms with Gasteiger partial charge in [0, 0.05) is 17.7 Å². The molecule has 1 atom stereocenters. The third-order valence-corrected chi connectivity index (χ3v) is 3.48. The summed E-state index contributed by atoms with van der Waals surface area (Å²) in [5, 5.41) is 2.80. The van der Waals surface area contributed by atoms with Crippen molar-refractivity contribution in [2.75, 3.05) is 5.32 Å². The maximum absolute atomic E-state index is 12.2. The predicted molar refractivity (Wildman–Crippen MR) is 79.6 cm³/mol. The molecule has 1 heterocycles. The van der Waals surface area contributed by atoms with Gasteiger partial charge in [0.05, 0.1) is 0 Å². The first-order valence-electron chi connectivity index (χ1n) is 6.80. The molecule has 1 aliphatic heterocycles. The van der Waals surface area contributed by atoms with Gasteiger partial charge in [0.1, 0.15) is 5.75 Å². The van der Waals surface area contributed by atoms with Crippen molar-refractivity contribution in [3.05, 3.63) is 59.7 Å². The maximum atomic E-state index is 12.2. The molecular weight excluding hydrogens is 266 g/mol. The molecule has 4 nitrogen and oxygen atoms in total. The topological polar surface area (TPSA) is 55.4 Å². The number of ketones is 1. The van der Waals surface area contributed by atoms with Crippen LogP contribution in [0.2, 0.25) is 0 Å². The van der Waals surface area contributed by atoms with Crippen molar-refractivity contribution in [1.29, 1.82) is 0 Å². The van der Waals surface area contributed by atoms with E-state index in [1.54, 1.807) is 24.3 Å². The van der Waals surface area contributed by atoms with E-state index >= 15 is 0 Å². The summed E-state index contributed by atoms with van der Waals surface area (Å²) in [5.74, 6) is 0.526. The number of benzene rings is 2. The molecule has 1 unspecified atom stereocenters. The highest BCUT2D eigenvalue weighted by Gasteiger charge is 2.28. The number of ether oxygens (including phenoxy) is 1. The monoisotopic (exact) mass is 281 g/mol. The molecule has 0 spiro atoms. The molecule has 0 aromatic heterocycles. The van der Waals surface area contributed by atoms with E-state index in [1.165, 1.54) is 6.92 Å². The lowest BCUT2D eigenvalue weighted by Gasteiger charge is -2.11. The van der Waals surface area contributed by atoms with E-state index in [9.17, 15) is 9.59 Å². The second kappa shape index (κ2) is 5.40. The Morgan fingerprint density at radius 1 is 1.14 bits per heavy atom. The van der Waals surface area contributed by atoms with Gasteiger partial charge in [0.25, 0.3) is 5.91 Å².